The van der Waals surface area contributed by atoms with Gasteiger partial charge in [-0.05, 0) is 73.1 Å². The van der Waals surface area contributed by atoms with Crippen molar-refractivity contribution >= 4 is 5.91 Å². The van der Waals surface area contributed by atoms with Gasteiger partial charge in [-0.3, -0.25) is 4.79 Å². The van der Waals surface area contributed by atoms with Crippen LogP contribution in [0.5, 0.6) is 17.2 Å². The normalized spacial score (nSPS) is 14.0. The number of hydrogen-bond acceptors (Lipinski definition) is 4. The molecule has 2 aromatic carbocycles. The molecule has 5 heteroatoms. The second-order valence-corrected chi connectivity index (χ2v) is 7.06. The van der Waals surface area contributed by atoms with Gasteiger partial charge in [-0.25, -0.2) is 0 Å². The van der Waals surface area contributed by atoms with Crippen LogP contribution in [0.2, 0.25) is 0 Å². The Balaban J connectivity index is 1.61. The highest BCUT2D eigenvalue weighted by molar-refractivity contribution is 5.81. The number of methoxy groups -OCH3 is 2. The highest BCUT2D eigenvalue weighted by atomic mass is 16.5. The van der Waals surface area contributed by atoms with E-state index in [1.54, 1.807) is 14.2 Å². The Morgan fingerprint density at radius 1 is 1.00 bits per heavy atom. The van der Waals surface area contributed by atoms with Crippen molar-refractivity contribution in [2.24, 2.45) is 0 Å². The predicted octanol–water partition coefficient (Wildman–Crippen LogP) is 4.06. The Bertz CT molecular complexity index is 818. The lowest BCUT2D eigenvalue weighted by Crippen LogP contribution is -2.37. The second-order valence-electron chi connectivity index (χ2n) is 7.06. The van der Waals surface area contributed by atoms with Crippen LogP contribution in [-0.2, 0) is 24.2 Å². The van der Waals surface area contributed by atoms with E-state index in [-0.39, 0.29) is 5.91 Å². The smallest absolute Gasteiger partial charge is 0.261 e. The van der Waals surface area contributed by atoms with Crippen molar-refractivity contribution in [1.29, 1.82) is 0 Å². The maximum atomic E-state index is 12.6. The minimum absolute atomic E-state index is 0.116. The average molecular weight is 383 g/mol. The van der Waals surface area contributed by atoms with Crippen LogP contribution in [0.4, 0.5) is 0 Å². The maximum Gasteiger partial charge on any atom is 0.261 e. The van der Waals surface area contributed by atoms with Gasteiger partial charge in [0.05, 0.1) is 14.2 Å². The molecule has 0 bridgehead atoms. The summed E-state index contributed by atoms with van der Waals surface area (Å²) in [6, 6.07) is 11.8. The molecule has 150 valence electrons. The van der Waals surface area contributed by atoms with E-state index in [0.717, 1.165) is 24.2 Å². The van der Waals surface area contributed by atoms with Crippen molar-refractivity contribution in [3.05, 3.63) is 53.1 Å². The molecule has 0 saturated carbocycles. The minimum atomic E-state index is -0.512. The Hall–Kier alpha value is -2.69. The Morgan fingerprint density at radius 3 is 2.46 bits per heavy atom. The zero-order valence-electron chi connectivity index (χ0n) is 16.9. The first-order valence-corrected chi connectivity index (χ1v) is 9.91. The third-order valence-electron chi connectivity index (χ3n) is 5.18. The fraction of sp³-hybridized carbons (Fsp3) is 0.435. The van der Waals surface area contributed by atoms with Gasteiger partial charge >= 0.3 is 0 Å². The highest BCUT2D eigenvalue weighted by Crippen LogP contribution is 2.28. The molecular formula is C23H29NO4. The Kier molecular flexibility index (Phi) is 6.80. The van der Waals surface area contributed by atoms with Crippen molar-refractivity contribution in [2.75, 3.05) is 14.2 Å². The topological polar surface area (TPSA) is 56.8 Å². The van der Waals surface area contributed by atoms with Crippen LogP contribution in [0.25, 0.3) is 0 Å². The molecule has 0 spiro atoms. The molecule has 2 aromatic rings. The molecule has 0 aromatic heterocycles. The van der Waals surface area contributed by atoms with E-state index in [9.17, 15) is 4.79 Å². The molecule has 1 aliphatic rings. The summed E-state index contributed by atoms with van der Waals surface area (Å²) in [5.74, 6) is 1.97. The van der Waals surface area contributed by atoms with Crippen LogP contribution in [0, 0.1) is 0 Å². The molecule has 1 aliphatic carbocycles. The second kappa shape index (κ2) is 9.49. The number of carbonyl (C=O) groups excluding carboxylic acids is 1. The number of benzene rings is 2. The molecule has 0 aliphatic heterocycles. The van der Waals surface area contributed by atoms with Gasteiger partial charge < -0.3 is 19.5 Å². The molecule has 5 nitrogen and oxygen atoms in total. The molecule has 1 amide bonds. The number of ether oxygens (including phenoxy) is 3. The lowest BCUT2D eigenvalue weighted by Gasteiger charge is -2.20. The van der Waals surface area contributed by atoms with Gasteiger partial charge in [0.25, 0.3) is 5.91 Å². The van der Waals surface area contributed by atoms with E-state index in [0.29, 0.717) is 24.5 Å². The van der Waals surface area contributed by atoms with E-state index in [2.05, 4.69) is 17.4 Å². The summed E-state index contributed by atoms with van der Waals surface area (Å²) in [4.78, 5) is 12.6. The summed E-state index contributed by atoms with van der Waals surface area (Å²) in [5.41, 5.74) is 3.70. The van der Waals surface area contributed by atoms with Gasteiger partial charge in [-0.15, -0.1) is 0 Å². The third-order valence-corrected chi connectivity index (χ3v) is 5.18. The predicted molar refractivity (Wildman–Crippen MR) is 109 cm³/mol. The van der Waals surface area contributed by atoms with Gasteiger partial charge in [0.2, 0.25) is 0 Å². The first kappa shape index (κ1) is 20.1. The van der Waals surface area contributed by atoms with Crippen LogP contribution < -0.4 is 19.5 Å². The first-order valence-electron chi connectivity index (χ1n) is 9.91. The number of fused-ring (bicyclic) bond motifs is 1. The zero-order chi connectivity index (χ0) is 19.9. The summed E-state index contributed by atoms with van der Waals surface area (Å²) in [6.07, 6.45) is 4.80. The molecule has 0 unspecified atom stereocenters. The van der Waals surface area contributed by atoms with Crippen LogP contribution in [0.15, 0.2) is 36.4 Å². The summed E-state index contributed by atoms with van der Waals surface area (Å²) in [6.45, 7) is 2.36. The monoisotopic (exact) mass is 383 g/mol. The molecule has 28 heavy (non-hydrogen) atoms. The Labute approximate surface area is 167 Å². The largest absolute Gasteiger partial charge is 0.493 e. The summed E-state index contributed by atoms with van der Waals surface area (Å²) >= 11 is 0. The fourth-order valence-electron chi connectivity index (χ4n) is 3.56. The van der Waals surface area contributed by atoms with Crippen molar-refractivity contribution in [3.8, 4) is 17.2 Å². The van der Waals surface area contributed by atoms with Crippen molar-refractivity contribution < 1.29 is 19.0 Å². The zero-order valence-corrected chi connectivity index (χ0v) is 16.9. The maximum absolute atomic E-state index is 12.6. The van der Waals surface area contributed by atoms with Crippen molar-refractivity contribution in [1.82, 2.24) is 5.32 Å². The summed E-state index contributed by atoms with van der Waals surface area (Å²) in [5, 5.41) is 2.96. The van der Waals surface area contributed by atoms with E-state index in [1.165, 1.54) is 24.0 Å². The van der Waals surface area contributed by atoms with E-state index in [1.807, 2.05) is 31.2 Å². The quantitative estimate of drug-likeness (QED) is 0.747. The highest BCUT2D eigenvalue weighted by Gasteiger charge is 2.19. The van der Waals surface area contributed by atoms with Gasteiger partial charge in [0.15, 0.2) is 17.6 Å². The molecule has 0 saturated heterocycles. The van der Waals surface area contributed by atoms with Gasteiger partial charge in [0, 0.05) is 6.54 Å². The molecule has 1 atom stereocenters. The molecule has 0 radical (unpaired) electrons. The van der Waals surface area contributed by atoms with Crippen LogP contribution in [0.1, 0.15) is 42.9 Å². The van der Waals surface area contributed by atoms with Crippen LogP contribution in [0.3, 0.4) is 0 Å². The average Bonchev–Trinajstić information content (AvgIpc) is 2.75. The van der Waals surface area contributed by atoms with Gasteiger partial charge in [-0.2, -0.15) is 0 Å². The number of carbonyl (C=O) groups is 1. The standard InChI is InChI=1S/C23H29NO4/c1-4-20(28-19-11-10-17-7-5-6-8-18(17)14-19)23(25)24-15-16-9-12-21(26-2)22(13-16)27-3/h9-14,20H,4-8,15H2,1-3H3,(H,24,25)/t20-/m1/s1. The third kappa shape index (κ3) is 4.77. The number of hydrogen-bond donors (Lipinski definition) is 1. The molecule has 3 rings (SSSR count). The van der Waals surface area contributed by atoms with Crippen molar-refractivity contribution in [3.63, 3.8) is 0 Å². The van der Waals surface area contributed by atoms with E-state index < -0.39 is 6.10 Å². The van der Waals surface area contributed by atoms with Crippen LogP contribution >= 0.6 is 0 Å². The van der Waals surface area contributed by atoms with E-state index >= 15 is 0 Å². The number of aryl methyl sites for hydroxylation is 2. The number of rotatable bonds is 8. The summed E-state index contributed by atoms with van der Waals surface area (Å²) < 4.78 is 16.6. The summed E-state index contributed by atoms with van der Waals surface area (Å²) in [7, 11) is 3.20. The van der Waals surface area contributed by atoms with Gasteiger partial charge in [-0.1, -0.05) is 19.1 Å². The number of amides is 1. The fourth-order valence-corrected chi connectivity index (χ4v) is 3.56. The lowest BCUT2D eigenvalue weighted by atomic mass is 9.92. The molecule has 0 heterocycles. The lowest BCUT2D eigenvalue weighted by molar-refractivity contribution is -0.128. The number of nitrogens with one attached hydrogen (secondary N) is 1. The van der Waals surface area contributed by atoms with E-state index in [4.69, 9.17) is 14.2 Å². The molecule has 1 N–H and O–H groups in total. The van der Waals surface area contributed by atoms with Gasteiger partial charge in [0.1, 0.15) is 5.75 Å². The molecular weight excluding hydrogens is 354 g/mol. The van der Waals surface area contributed by atoms with Crippen LogP contribution in [-0.4, -0.2) is 26.2 Å². The Morgan fingerprint density at radius 2 is 1.75 bits per heavy atom. The SMILES string of the molecule is CC[C@@H](Oc1ccc2c(c1)CCCC2)C(=O)NCc1ccc(OC)c(OC)c1. The van der Waals surface area contributed by atoms with Crippen molar-refractivity contribution in [2.45, 2.75) is 51.7 Å². The minimum Gasteiger partial charge on any atom is -0.493 e. The first-order chi connectivity index (χ1) is 13.6. The molecule has 0 fully saturated rings.